The van der Waals surface area contributed by atoms with Crippen molar-refractivity contribution in [3.05, 3.63) is 29.1 Å². The molecule has 0 aliphatic heterocycles. The van der Waals surface area contributed by atoms with Gasteiger partial charge < -0.3 is 9.84 Å². The highest BCUT2D eigenvalue weighted by Crippen LogP contribution is 2.21. The van der Waals surface area contributed by atoms with Crippen LogP contribution in [-0.4, -0.2) is 17.7 Å². The van der Waals surface area contributed by atoms with E-state index in [1.54, 1.807) is 0 Å². The molecule has 1 rings (SSSR count). The molecule has 82 valence electrons. The lowest BCUT2D eigenvalue weighted by Gasteiger charge is -2.08. The number of aromatic carboxylic acids is 1. The maximum atomic E-state index is 13.3. The number of carboxylic acids is 1. The number of hydrogen-bond donors (Lipinski definition) is 1. The molecule has 1 N–H and O–H groups in total. The second kappa shape index (κ2) is 4.77. The van der Waals surface area contributed by atoms with Gasteiger partial charge in [0.15, 0.2) is 0 Å². The van der Waals surface area contributed by atoms with Crippen LogP contribution < -0.4 is 4.74 Å². The summed E-state index contributed by atoms with van der Waals surface area (Å²) in [4.78, 5) is 10.7. The quantitative estimate of drug-likeness (QED) is 0.834. The average Bonchev–Trinajstić information content (AvgIpc) is 2.19. The minimum atomic E-state index is -1.28. The molecule has 0 aromatic heterocycles. The summed E-state index contributed by atoms with van der Waals surface area (Å²) in [5.41, 5.74) is -0.0675. The van der Waals surface area contributed by atoms with Gasteiger partial charge in [0, 0.05) is 0 Å². The van der Waals surface area contributed by atoms with Gasteiger partial charge in [-0.1, -0.05) is 6.92 Å². The highest BCUT2D eigenvalue weighted by atomic mass is 19.1. The summed E-state index contributed by atoms with van der Waals surface area (Å²) in [5, 5.41) is 8.74. The van der Waals surface area contributed by atoms with Crippen LogP contribution in [0.1, 0.15) is 29.3 Å². The number of ether oxygens (including phenoxy) is 1. The van der Waals surface area contributed by atoms with Crippen LogP contribution in [-0.2, 0) is 0 Å². The molecule has 0 amide bonds. The number of carbonyl (C=O) groups is 1. The topological polar surface area (TPSA) is 46.5 Å². The first-order valence-corrected chi connectivity index (χ1v) is 4.72. The lowest BCUT2D eigenvalue weighted by molar-refractivity contribution is 0.0691. The van der Waals surface area contributed by atoms with E-state index in [0.29, 0.717) is 12.4 Å². The maximum absolute atomic E-state index is 13.3. The van der Waals surface area contributed by atoms with Crippen molar-refractivity contribution in [1.82, 2.24) is 0 Å². The van der Waals surface area contributed by atoms with Gasteiger partial charge in [0.1, 0.15) is 11.6 Å². The third-order valence-electron chi connectivity index (χ3n) is 1.93. The van der Waals surface area contributed by atoms with Crippen LogP contribution in [0.3, 0.4) is 0 Å². The molecular weight excluding hydrogens is 199 g/mol. The Labute approximate surface area is 87.5 Å². The zero-order valence-electron chi connectivity index (χ0n) is 8.71. The Bertz CT molecular complexity index is 374. The smallest absolute Gasteiger partial charge is 0.338 e. The molecule has 1 aromatic carbocycles. The summed E-state index contributed by atoms with van der Waals surface area (Å²) in [6, 6.07) is 2.71. The number of rotatable bonds is 4. The fourth-order valence-electron chi connectivity index (χ4n) is 1.20. The standard InChI is InChI=1S/C11H13FO3/c1-3-4-15-8-5-7(2)10(12)9(6-8)11(13)14/h5-6H,3-4H2,1-2H3,(H,13,14). The molecule has 15 heavy (non-hydrogen) atoms. The molecule has 0 saturated heterocycles. The summed E-state index contributed by atoms with van der Waals surface area (Å²) in [7, 11) is 0. The minimum Gasteiger partial charge on any atom is -0.494 e. The largest absolute Gasteiger partial charge is 0.494 e. The van der Waals surface area contributed by atoms with Crippen molar-refractivity contribution in [1.29, 1.82) is 0 Å². The highest BCUT2D eigenvalue weighted by Gasteiger charge is 2.14. The Kier molecular flexibility index (Phi) is 3.66. The fourth-order valence-corrected chi connectivity index (χ4v) is 1.20. The third-order valence-corrected chi connectivity index (χ3v) is 1.93. The lowest BCUT2D eigenvalue weighted by atomic mass is 10.1. The van der Waals surface area contributed by atoms with Gasteiger partial charge in [0.25, 0.3) is 0 Å². The first-order valence-electron chi connectivity index (χ1n) is 4.72. The molecule has 0 spiro atoms. The second-order valence-electron chi connectivity index (χ2n) is 3.26. The molecule has 0 radical (unpaired) electrons. The van der Waals surface area contributed by atoms with Crippen LogP contribution in [0.4, 0.5) is 4.39 Å². The maximum Gasteiger partial charge on any atom is 0.338 e. The molecule has 0 atom stereocenters. The van der Waals surface area contributed by atoms with Crippen LogP contribution in [0.25, 0.3) is 0 Å². The van der Waals surface area contributed by atoms with E-state index in [1.807, 2.05) is 6.92 Å². The van der Waals surface area contributed by atoms with Gasteiger partial charge in [-0.15, -0.1) is 0 Å². The zero-order valence-corrected chi connectivity index (χ0v) is 8.71. The van der Waals surface area contributed by atoms with Gasteiger partial charge in [-0.2, -0.15) is 0 Å². The lowest BCUT2D eigenvalue weighted by Crippen LogP contribution is -2.04. The summed E-state index contributed by atoms with van der Waals surface area (Å²) < 4.78 is 18.6. The van der Waals surface area contributed by atoms with E-state index in [-0.39, 0.29) is 11.1 Å². The molecule has 0 saturated carbocycles. The number of benzene rings is 1. The van der Waals surface area contributed by atoms with E-state index in [4.69, 9.17) is 9.84 Å². The molecule has 0 aliphatic rings. The van der Waals surface area contributed by atoms with Crippen molar-refractivity contribution < 1.29 is 19.0 Å². The first kappa shape index (κ1) is 11.5. The summed E-state index contributed by atoms with van der Waals surface area (Å²) >= 11 is 0. The molecule has 0 bridgehead atoms. The predicted molar refractivity (Wildman–Crippen MR) is 53.9 cm³/mol. The number of carboxylic acid groups (broad SMARTS) is 1. The zero-order chi connectivity index (χ0) is 11.4. The van der Waals surface area contributed by atoms with Gasteiger partial charge in [0.2, 0.25) is 0 Å². The van der Waals surface area contributed by atoms with E-state index >= 15 is 0 Å². The Morgan fingerprint density at radius 2 is 2.20 bits per heavy atom. The van der Waals surface area contributed by atoms with Crippen LogP contribution in [0.2, 0.25) is 0 Å². The molecular formula is C11H13FO3. The highest BCUT2D eigenvalue weighted by molar-refractivity contribution is 5.88. The van der Waals surface area contributed by atoms with E-state index in [0.717, 1.165) is 6.42 Å². The van der Waals surface area contributed by atoms with Crippen molar-refractivity contribution in [3.8, 4) is 5.75 Å². The van der Waals surface area contributed by atoms with Crippen LogP contribution in [0.5, 0.6) is 5.75 Å². The first-order chi connectivity index (χ1) is 7.06. The van der Waals surface area contributed by atoms with Crippen molar-refractivity contribution >= 4 is 5.97 Å². The van der Waals surface area contributed by atoms with E-state index < -0.39 is 11.8 Å². The van der Waals surface area contributed by atoms with Crippen LogP contribution in [0, 0.1) is 12.7 Å². The molecule has 0 heterocycles. The van der Waals surface area contributed by atoms with Gasteiger partial charge in [0.05, 0.1) is 12.2 Å². The SMILES string of the molecule is CCCOc1cc(C)c(F)c(C(=O)O)c1. The second-order valence-corrected chi connectivity index (χ2v) is 3.26. The molecule has 1 aromatic rings. The van der Waals surface area contributed by atoms with Crippen molar-refractivity contribution in [3.63, 3.8) is 0 Å². The monoisotopic (exact) mass is 212 g/mol. The van der Waals surface area contributed by atoms with E-state index in [9.17, 15) is 9.18 Å². The van der Waals surface area contributed by atoms with Crippen molar-refractivity contribution in [2.75, 3.05) is 6.61 Å². The minimum absolute atomic E-state index is 0.279. The number of aryl methyl sites for hydroxylation is 1. The summed E-state index contributed by atoms with van der Waals surface area (Å²) in [6.07, 6.45) is 0.818. The molecule has 3 nitrogen and oxygen atoms in total. The third kappa shape index (κ3) is 2.68. The van der Waals surface area contributed by atoms with Gasteiger partial charge in [-0.05, 0) is 31.0 Å². The van der Waals surface area contributed by atoms with Gasteiger partial charge in [-0.3, -0.25) is 0 Å². The molecule has 0 fully saturated rings. The van der Waals surface area contributed by atoms with E-state index in [2.05, 4.69) is 0 Å². The Hall–Kier alpha value is -1.58. The summed E-state index contributed by atoms with van der Waals surface area (Å²) in [5.74, 6) is -1.59. The molecule has 4 heteroatoms. The summed E-state index contributed by atoms with van der Waals surface area (Å²) in [6.45, 7) is 3.94. The number of halogens is 1. The number of hydrogen-bond acceptors (Lipinski definition) is 2. The van der Waals surface area contributed by atoms with E-state index in [1.165, 1.54) is 19.1 Å². The van der Waals surface area contributed by atoms with Crippen molar-refractivity contribution in [2.45, 2.75) is 20.3 Å². The normalized spacial score (nSPS) is 10.1. The Morgan fingerprint density at radius 3 is 2.73 bits per heavy atom. The Morgan fingerprint density at radius 1 is 1.53 bits per heavy atom. The van der Waals surface area contributed by atoms with Gasteiger partial charge >= 0.3 is 5.97 Å². The van der Waals surface area contributed by atoms with Crippen LogP contribution >= 0.6 is 0 Å². The van der Waals surface area contributed by atoms with Crippen LogP contribution in [0.15, 0.2) is 12.1 Å². The fraction of sp³-hybridized carbons (Fsp3) is 0.364. The Balaban J connectivity index is 3.06. The van der Waals surface area contributed by atoms with Crippen molar-refractivity contribution in [2.24, 2.45) is 0 Å². The molecule has 0 aliphatic carbocycles. The molecule has 0 unspecified atom stereocenters. The van der Waals surface area contributed by atoms with Gasteiger partial charge in [-0.25, -0.2) is 9.18 Å². The average molecular weight is 212 g/mol. The predicted octanol–water partition coefficient (Wildman–Crippen LogP) is 2.62.